The first-order valence-corrected chi connectivity index (χ1v) is 9.44. The number of hydrogen-bond acceptors (Lipinski definition) is 3. The van der Waals surface area contributed by atoms with Gasteiger partial charge in [0.2, 0.25) is 0 Å². The Morgan fingerprint density at radius 3 is 2.04 bits per heavy atom. The maximum atomic E-state index is 11.4. The van der Waals surface area contributed by atoms with E-state index < -0.39 is 10.1 Å². The van der Waals surface area contributed by atoms with E-state index in [9.17, 15) is 13.2 Å². The molecule has 1 saturated carbocycles. The first-order valence-electron chi connectivity index (χ1n) is 8.00. The molecular formula is C17H24NO4S+. The molecule has 0 radical (unpaired) electrons. The predicted octanol–water partition coefficient (Wildman–Crippen LogP) is 2.05. The normalized spacial score (nSPS) is 33.5. The molecule has 0 aromatic heterocycles. The van der Waals surface area contributed by atoms with Crippen molar-refractivity contribution in [3.05, 3.63) is 29.8 Å². The highest BCUT2D eigenvalue weighted by molar-refractivity contribution is 7.85. The van der Waals surface area contributed by atoms with Crippen LogP contribution in [-0.2, 0) is 14.9 Å². The van der Waals surface area contributed by atoms with Gasteiger partial charge in [0.25, 0.3) is 10.1 Å². The average molecular weight is 338 g/mol. The largest absolute Gasteiger partial charge is 0.322 e. The molecule has 4 atom stereocenters. The summed E-state index contributed by atoms with van der Waals surface area (Å²) in [5.41, 5.74) is 0.551. The molecule has 23 heavy (non-hydrogen) atoms. The molecule has 4 unspecified atom stereocenters. The molecule has 1 aliphatic carbocycles. The van der Waals surface area contributed by atoms with Crippen molar-refractivity contribution in [3.8, 4) is 0 Å². The second kappa shape index (κ2) is 5.40. The standard InChI is InChI=1S/C10H16NO.C7H8O3S/c1-11(2)9-3-6(12)4-10(11)8-5-7(8)9;1-6-4-2-3-5-7(6)11(8,9)10/h7-10H,3-5H2,1-2H3;2-5H,1H3,(H,8,9,10)/q+1;. The van der Waals surface area contributed by atoms with Crippen molar-refractivity contribution >= 4 is 15.9 Å². The Morgan fingerprint density at radius 1 is 1.09 bits per heavy atom. The zero-order valence-electron chi connectivity index (χ0n) is 13.8. The molecule has 1 N–H and O–H groups in total. The first kappa shape index (κ1) is 16.6. The number of quaternary nitrogens is 1. The van der Waals surface area contributed by atoms with E-state index in [1.807, 2.05) is 0 Å². The minimum Gasteiger partial charge on any atom is -0.322 e. The summed E-state index contributed by atoms with van der Waals surface area (Å²) in [6.45, 7) is 1.63. The zero-order chi connectivity index (χ0) is 17.0. The van der Waals surface area contributed by atoms with Crippen LogP contribution in [0.5, 0.6) is 0 Å². The quantitative estimate of drug-likeness (QED) is 0.628. The smallest absolute Gasteiger partial charge is 0.294 e. The number of carbonyl (C=O) groups is 1. The second-order valence-corrected chi connectivity index (χ2v) is 8.90. The number of benzene rings is 1. The van der Waals surface area contributed by atoms with Crippen LogP contribution in [0.3, 0.4) is 0 Å². The highest BCUT2D eigenvalue weighted by Crippen LogP contribution is 2.59. The van der Waals surface area contributed by atoms with Gasteiger partial charge in [0.05, 0.1) is 43.9 Å². The lowest BCUT2D eigenvalue weighted by atomic mass is 9.95. The van der Waals surface area contributed by atoms with Crippen LogP contribution in [0, 0.1) is 18.8 Å². The predicted molar refractivity (Wildman–Crippen MR) is 86.5 cm³/mol. The summed E-state index contributed by atoms with van der Waals surface area (Å²) in [6, 6.07) is 7.64. The number of aryl methyl sites for hydroxylation is 1. The molecule has 1 aromatic rings. The molecule has 3 fully saturated rings. The summed E-state index contributed by atoms with van der Waals surface area (Å²) in [5.74, 6) is 2.35. The van der Waals surface area contributed by atoms with Gasteiger partial charge in [-0.25, -0.2) is 0 Å². The van der Waals surface area contributed by atoms with Gasteiger partial charge in [-0.2, -0.15) is 8.42 Å². The lowest BCUT2D eigenvalue weighted by Crippen LogP contribution is -2.57. The molecule has 0 spiro atoms. The van der Waals surface area contributed by atoms with Crippen molar-refractivity contribution in [3.63, 3.8) is 0 Å². The van der Waals surface area contributed by atoms with Gasteiger partial charge in [-0.05, 0) is 25.0 Å². The lowest BCUT2D eigenvalue weighted by molar-refractivity contribution is -0.932. The number of Topliss-reactive ketones (excluding diaryl/α,β-unsaturated/α-hetero) is 1. The Labute approximate surface area is 137 Å². The van der Waals surface area contributed by atoms with E-state index in [1.165, 1.54) is 12.5 Å². The summed E-state index contributed by atoms with van der Waals surface area (Å²) in [4.78, 5) is 11.3. The summed E-state index contributed by atoms with van der Waals surface area (Å²) in [5, 5.41) is 0. The first-order chi connectivity index (χ1) is 10.6. The van der Waals surface area contributed by atoms with Crippen LogP contribution in [0.4, 0.5) is 0 Å². The van der Waals surface area contributed by atoms with Crippen LogP contribution < -0.4 is 0 Å². The number of piperidine rings is 2. The summed E-state index contributed by atoms with van der Waals surface area (Å²) in [6.07, 6.45) is 3.15. The Bertz CT molecular complexity index is 719. The van der Waals surface area contributed by atoms with E-state index in [0.717, 1.165) is 29.2 Å². The fraction of sp³-hybridized carbons (Fsp3) is 0.588. The summed E-state index contributed by atoms with van der Waals surface area (Å²) >= 11 is 0. The maximum Gasteiger partial charge on any atom is 0.294 e. The Kier molecular flexibility index (Phi) is 3.90. The highest BCUT2D eigenvalue weighted by Gasteiger charge is 2.67. The van der Waals surface area contributed by atoms with Gasteiger partial charge in [-0.15, -0.1) is 0 Å². The highest BCUT2D eigenvalue weighted by atomic mass is 32.2. The van der Waals surface area contributed by atoms with Crippen LogP contribution in [0.15, 0.2) is 29.2 Å². The van der Waals surface area contributed by atoms with Gasteiger partial charge in [0.15, 0.2) is 0 Å². The maximum absolute atomic E-state index is 11.4. The van der Waals surface area contributed by atoms with E-state index in [0.29, 0.717) is 23.4 Å². The number of nitrogens with zero attached hydrogens (tertiary/aromatic N) is 1. The van der Waals surface area contributed by atoms with Gasteiger partial charge in [0.1, 0.15) is 5.78 Å². The third kappa shape index (κ3) is 2.95. The van der Waals surface area contributed by atoms with Gasteiger partial charge < -0.3 is 4.48 Å². The van der Waals surface area contributed by atoms with Crippen LogP contribution in [0.25, 0.3) is 0 Å². The van der Waals surface area contributed by atoms with E-state index in [1.54, 1.807) is 25.1 Å². The molecule has 3 aliphatic rings. The average Bonchev–Trinajstić information content (AvgIpc) is 3.17. The monoisotopic (exact) mass is 338 g/mol. The Hall–Kier alpha value is -1.24. The third-order valence-corrected chi connectivity index (χ3v) is 6.85. The molecule has 0 amide bonds. The van der Waals surface area contributed by atoms with Crippen LogP contribution in [0.1, 0.15) is 24.8 Å². The summed E-state index contributed by atoms with van der Waals surface area (Å²) in [7, 11) is 0.593. The van der Waals surface area contributed by atoms with Crippen molar-refractivity contribution in [2.24, 2.45) is 11.8 Å². The molecule has 2 saturated heterocycles. The van der Waals surface area contributed by atoms with E-state index in [2.05, 4.69) is 14.1 Å². The fourth-order valence-corrected chi connectivity index (χ4v) is 5.25. The molecule has 4 rings (SSSR count). The SMILES string of the molecule is C[N+]1(C)C2CC(=O)CC1C1CC12.Cc1ccccc1S(=O)(=O)O. The molecule has 6 heteroatoms. The minimum atomic E-state index is -4.03. The van der Waals surface area contributed by atoms with Crippen molar-refractivity contribution in [1.82, 2.24) is 0 Å². The van der Waals surface area contributed by atoms with Crippen LogP contribution >= 0.6 is 0 Å². The molecule has 5 nitrogen and oxygen atoms in total. The van der Waals surface area contributed by atoms with Crippen LogP contribution in [-0.4, -0.2) is 49.4 Å². The van der Waals surface area contributed by atoms with E-state index >= 15 is 0 Å². The number of hydrogen-bond donors (Lipinski definition) is 1. The zero-order valence-corrected chi connectivity index (χ0v) is 14.6. The van der Waals surface area contributed by atoms with Gasteiger partial charge in [-0.3, -0.25) is 9.35 Å². The molecule has 2 aliphatic heterocycles. The van der Waals surface area contributed by atoms with Gasteiger partial charge >= 0.3 is 0 Å². The molecular weight excluding hydrogens is 314 g/mol. The molecule has 1 aromatic carbocycles. The van der Waals surface area contributed by atoms with Crippen molar-refractivity contribution < 1.29 is 22.2 Å². The van der Waals surface area contributed by atoms with Crippen molar-refractivity contribution in [2.45, 2.75) is 43.2 Å². The van der Waals surface area contributed by atoms with Gasteiger partial charge in [0, 0.05) is 11.8 Å². The van der Waals surface area contributed by atoms with E-state index in [-0.39, 0.29) is 4.90 Å². The van der Waals surface area contributed by atoms with Crippen molar-refractivity contribution in [1.29, 1.82) is 0 Å². The minimum absolute atomic E-state index is 0.0278. The Morgan fingerprint density at radius 2 is 1.61 bits per heavy atom. The lowest BCUT2D eigenvalue weighted by Gasteiger charge is -2.43. The Balaban J connectivity index is 0.000000137. The molecule has 2 heterocycles. The number of fused-ring (bicyclic) bond motifs is 5. The second-order valence-electron chi connectivity index (χ2n) is 7.51. The van der Waals surface area contributed by atoms with Gasteiger partial charge in [-0.1, -0.05) is 18.2 Å². The van der Waals surface area contributed by atoms with Crippen molar-refractivity contribution in [2.75, 3.05) is 14.1 Å². The topological polar surface area (TPSA) is 71.4 Å². The van der Waals surface area contributed by atoms with Crippen LogP contribution in [0.2, 0.25) is 0 Å². The number of ketones is 1. The fourth-order valence-electron chi connectivity index (χ4n) is 4.52. The third-order valence-electron chi connectivity index (χ3n) is 5.83. The number of rotatable bonds is 1. The van der Waals surface area contributed by atoms with E-state index in [4.69, 9.17) is 4.55 Å². The molecule has 126 valence electrons. The molecule has 2 bridgehead atoms. The number of carbonyl (C=O) groups excluding carboxylic acids is 1. The summed E-state index contributed by atoms with van der Waals surface area (Å²) < 4.78 is 31.0.